The lowest BCUT2D eigenvalue weighted by atomic mass is 10.2. The largest absolute Gasteiger partial charge is 0.386 e. The van der Waals surface area contributed by atoms with E-state index in [0.717, 1.165) is 0 Å². The minimum Gasteiger partial charge on any atom is -0.386 e. The molecule has 9 heavy (non-hydrogen) atoms. The molecule has 2 nitrogen and oxygen atoms in total. The average Bonchev–Trinajstić information content (AvgIpc) is 1.64. The monoisotopic (exact) mass is 135 g/mol. The third kappa shape index (κ3) is 2.98. The zero-order valence-electron chi connectivity index (χ0n) is 4.93. The van der Waals surface area contributed by atoms with Gasteiger partial charge in [0.1, 0.15) is 6.10 Å². The van der Waals surface area contributed by atoms with Crippen molar-refractivity contribution in [3.05, 3.63) is 0 Å². The van der Waals surface area contributed by atoms with Crippen molar-refractivity contribution in [3.8, 4) is 6.07 Å². The summed E-state index contributed by atoms with van der Waals surface area (Å²) < 4.78 is 23.8. The number of nitrogens with zero attached hydrogens (tertiary/aromatic N) is 1. The highest BCUT2D eigenvalue weighted by Gasteiger charge is 2.31. The highest BCUT2D eigenvalue weighted by atomic mass is 19.3. The Hall–Kier alpha value is -0.690. The number of halogens is 2. The van der Waals surface area contributed by atoms with Crippen LogP contribution in [0.3, 0.4) is 0 Å². The van der Waals surface area contributed by atoms with E-state index in [-0.39, 0.29) is 0 Å². The van der Waals surface area contributed by atoms with Crippen LogP contribution in [0.2, 0.25) is 0 Å². The number of rotatable bonds is 2. The lowest BCUT2D eigenvalue weighted by Crippen LogP contribution is -2.29. The van der Waals surface area contributed by atoms with Crippen molar-refractivity contribution in [2.75, 3.05) is 0 Å². The Balaban J connectivity index is 3.76. The summed E-state index contributed by atoms with van der Waals surface area (Å²) in [4.78, 5) is 0. The van der Waals surface area contributed by atoms with E-state index in [1.165, 1.54) is 6.07 Å². The van der Waals surface area contributed by atoms with Crippen molar-refractivity contribution in [1.29, 1.82) is 5.26 Å². The number of aliphatic hydroxyl groups excluding tert-OH is 1. The smallest absolute Gasteiger partial charge is 0.271 e. The van der Waals surface area contributed by atoms with Crippen LogP contribution in [0.5, 0.6) is 0 Å². The topological polar surface area (TPSA) is 44.0 Å². The van der Waals surface area contributed by atoms with Gasteiger partial charge in [-0.05, 0) is 0 Å². The predicted molar refractivity (Wildman–Crippen MR) is 26.9 cm³/mol. The Bertz CT molecular complexity index is 124. The summed E-state index contributed by atoms with van der Waals surface area (Å²) in [5.41, 5.74) is 0. The van der Waals surface area contributed by atoms with Crippen molar-refractivity contribution < 1.29 is 13.9 Å². The molecule has 0 aliphatic heterocycles. The van der Waals surface area contributed by atoms with Gasteiger partial charge in [-0.1, -0.05) is 0 Å². The molecule has 52 valence electrons. The fourth-order valence-corrected chi connectivity index (χ4v) is 0.266. The second-order valence-corrected chi connectivity index (χ2v) is 1.83. The number of hydrogen-bond acceptors (Lipinski definition) is 2. The molecule has 1 N–H and O–H groups in total. The molecule has 4 heteroatoms. The van der Waals surface area contributed by atoms with E-state index in [9.17, 15) is 8.78 Å². The van der Waals surface area contributed by atoms with Crippen LogP contribution < -0.4 is 0 Å². The van der Waals surface area contributed by atoms with Crippen molar-refractivity contribution >= 4 is 0 Å². The summed E-state index contributed by atoms with van der Waals surface area (Å²) >= 11 is 0. The molecule has 0 aromatic heterocycles. The fourth-order valence-electron chi connectivity index (χ4n) is 0.266. The predicted octanol–water partition coefficient (Wildman–Crippen LogP) is 0.916. The second kappa shape index (κ2) is 2.74. The van der Waals surface area contributed by atoms with Gasteiger partial charge in [0.15, 0.2) is 0 Å². The van der Waals surface area contributed by atoms with Crippen LogP contribution in [0.15, 0.2) is 0 Å². The highest BCUT2D eigenvalue weighted by Crippen LogP contribution is 2.18. The minimum atomic E-state index is -3.16. The van der Waals surface area contributed by atoms with E-state index in [2.05, 4.69) is 0 Å². The van der Waals surface area contributed by atoms with Crippen molar-refractivity contribution in [2.24, 2.45) is 0 Å². The molecule has 0 aromatic carbocycles. The van der Waals surface area contributed by atoms with Gasteiger partial charge >= 0.3 is 0 Å². The number of hydrogen-bond donors (Lipinski definition) is 1. The zero-order chi connectivity index (χ0) is 7.49. The minimum absolute atomic E-state index is 0.524. The highest BCUT2D eigenvalue weighted by molar-refractivity contribution is 4.81. The Kier molecular flexibility index (Phi) is 2.53. The van der Waals surface area contributed by atoms with E-state index < -0.39 is 18.4 Å². The van der Waals surface area contributed by atoms with Gasteiger partial charge in [0.2, 0.25) is 0 Å². The standard InChI is InChI=1S/C5H7F2NO/c1-5(6,7)4(9)2-3-8/h4,9H,2H2,1H3. The summed E-state index contributed by atoms with van der Waals surface area (Å²) in [5.74, 6) is -3.16. The quantitative estimate of drug-likeness (QED) is 0.611. The third-order valence-corrected chi connectivity index (χ3v) is 0.870. The van der Waals surface area contributed by atoms with E-state index in [1.807, 2.05) is 0 Å². The molecule has 0 heterocycles. The molecule has 0 aromatic rings. The summed E-state index contributed by atoms with van der Waals surface area (Å²) in [5, 5.41) is 16.3. The Morgan fingerprint density at radius 2 is 2.22 bits per heavy atom. The van der Waals surface area contributed by atoms with Crippen LogP contribution in [0.4, 0.5) is 8.78 Å². The second-order valence-electron chi connectivity index (χ2n) is 1.83. The first kappa shape index (κ1) is 8.31. The first-order valence-electron chi connectivity index (χ1n) is 2.41. The SMILES string of the molecule is CC(F)(F)C(O)CC#N. The summed E-state index contributed by atoms with van der Waals surface area (Å²) in [6.07, 6.45) is -2.36. The molecule has 0 saturated heterocycles. The van der Waals surface area contributed by atoms with Crippen molar-refractivity contribution in [2.45, 2.75) is 25.4 Å². The number of alkyl halides is 2. The zero-order valence-corrected chi connectivity index (χ0v) is 4.93. The van der Waals surface area contributed by atoms with Gasteiger partial charge in [-0.3, -0.25) is 0 Å². The van der Waals surface area contributed by atoms with Crippen LogP contribution in [0.25, 0.3) is 0 Å². The van der Waals surface area contributed by atoms with E-state index in [0.29, 0.717) is 6.92 Å². The molecule has 0 spiro atoms. The molecule has 0 rings (SSSR count). The first-order valence-corrected chi connectivity index (χ1v) is 2.41. The molecule has 1 unspecified atom stereocenters. The molecule has 0 saturated carbocycles. The van der Waals surface area contributed by atoms with Crippen molar-refractivity contribution in [3.63, 3.8) is 0 Å². The molecule has 0 aliphatic rings. The number of nitriles is 1. The molecule has 0 bridgehead atoms. The molecular weight excluding hydrogens is 128 g/mol. The van der Waals surface area contributed by atoms with Crippen LogP contribution in [0, 0.1) is 11.3 Å². The Labute approximate surface area is 51.7 Å². The first-order chi connectivity index (χ1) is 3.98. The lowest BCUT2D eigenvalue weighted by Gasteiger charge is -2.13. The maximum Gasteiger partial charge on any atom is 0.271 e. The van der Waals surface area contributed by atoms with E-state index in [1.54, 1.807) is 0 Å². The van der Waals surface area contributed by atoms with Crippen LogP contribution in [-0.2, 0) is 0 Å². The van der Waals surface area contributed by atoms with Crippen molar-refractivity contribution in [1.82, 2.24) is 0 Å². The third-order valence-electron chi connectivity index (χ3n) is 0.870. The van der Waals surface area contributed by atoms with Gasteiger partial charge in [0.05, 0.1) is 12.5 Å². The van der Waals surface area contributed by atoms with Crippen LogP contribution in [-0.4, -0.2) is 17.1 Å². The van der Waals surface area contributed by atoms with E-state index >= 15 is 0 Å². The number of aliphatic hydroxyl groups is 1. The van der Waals surface area contributed by atoms with Crippen LogP contribution >= 0.6 is 0 Å². The van der Waals surface area contributed by atoms with Gasteiger partial charge in [0.25, 0.3) is 5.92 Å². The molecule has 0 radical (unpaired) electrons. The Morgan fingerprint density at radius 1 is 1.78 bits per heavy atom. The maximum absolute atomic E-state index is 11.9. The summed E-state index contributed by atoms with van der Waals surface area (Å²) in [6, 6.07) is 1.44. The fraction of sp³-hybridized carbons (Fsp3) is 0.800. The normalized spacial score (nSPS) is 14.6. The lowest BCUT2D eigenvalue weighted by molar-refractivity contribution is -0.0902. The van der Waals surface area contributed by atoms with Gasteiger partial charge in [-0.25, -0.2) is 8.78 Å². The maximum atomic E-state index is 11.9. The average molecular weight is 135 g/mol. The summed E-state index contributed by atoms with van der Waals surface area (Å²) in [6.45, 7) is 0.578. The molecule has 0 amide bonds. The van der Waals surface area contributed by atoms with Gasteiger partial charge < -0.3 is 5.11 Å². The molecular formula is C5H7F2NO. The Morgan fingerprint density at radius 3 is 2.33 bits per heavy atom. The summed E-state index contributed by atoms with van der Waals surface area (Å²) in [7, 11) is 0. The van der Waals surface area contributed by atoms with E-state index in [4.69, 9.17) is 10.4 Å². The van der Waals surface area contributed by atoms with Gasteiger partial charge in [-0.2, -0.15) is 5.26 Å². The molecule has 1 atom stereocenters. The van der Waals surface area contributed by atoms with Gasteiger partial charge in [-0.15, -0.1) is 0 Å². The molecule has 0 aliphatic carbocycles. The van der Waals surface area contributed by atoms with Crippen LogP contribution in [0.1, 0.15) is 13.3 Å². The van der Waals surface area contributed by atoms with Gasteiger partial charge in [0, 0.05) is 6.92 Å². The molecule has 0 fully saturated rings.